The molecule has 0 saturated carbocycles. The van der Waals surface area contributed by atoms with Gasteiger partial charge in [-0.25, -0.2) is 14.4 Å². The first-order valence-electron chi connectivity index (χ1n) is 5.69. The van der Waals surface area contributed by atoms with Crippen LogP contribution in [0.25, 0.3) is 0 Å². The molecule has 0 aliphatic heterocycles. The molecule has 0 aliphatic rings. The summed E-state index contributed by atoms with van der Waals surface area (Å²) in [5.41, 5.74) is 0.424. The smallest absolute Gasteiger partial charge is 0.135 e. The van der Waals surface area contributed by atoms with Crippen LogP contribution in [0.15, 0.2) is 30.5 Å². The van der Waals surface area contributed by atoms with Gasteiger partial charge in [0.1, 0.15) is 17.5 Å². The fourth-order valence-corrected chi connectivity index (χ4v) is 1.85. The minimum atomic E-state index is -0.333. The van der Waals surface area contributed by atoms with Crippen molar-refractivity contribution in [3.8, 4) is 0 Å². The summed E-state index contributed by atoms with van der Waals surface area (Å²) >= 11 is 5.97. The molecule has 0 spiro atoms. The van der Waals surface area contributed by atoms with Crippen molar-refractivity contribution in [2.45, 2.75) is 13.3 Å². The Morgan fingerprint density at radius 2 is 2.17 bits per heavy atom. The molecule has 1 aromatic carbocycles. The Kier molecular flexibility index (Phi) is 4.10. The van der Waals surface area contributed by atoms with E-state index in [2.05, 4.69) is 15.3 Å². The Morgan fingerprint density at radius 3 is 2.89 bits per heavy atom. The molecule has 0 amide bonds. The predicted octanol–water partition coefficient (Wildman–Crippen LogP) is 3.29. The van der Waals surface area contributed by atoms with Crippen molar-refractivity contribution in [2.75, 3.05) is 11.9 Å². The van der Waals surface area contributed by atoms with E-state index in [1.807, 2.05) is 6.92 Å². The molecule has 0 fully saturated rings. The summed E-state index contributed by atoms with van der Waals surface area (Å²) in [6.45, 7) is 2.76. The third-order valence-corrected chi connectivity index (χ3v) is 2.81. The van der Waals surface area contributed by atoms with Gasteiger partial charge in [-0.1, -0.05) is 17.7 Å². The van der Waals surface area contributed by atoms with Crippen molar-refractivity contribution >= 4 is 17.4 Å². The highest BCUT2D eigenvalue weighted by atomic mass is 35.5. The average Bonchev–Trinajstić information content (AvgIpc) is 2.35. The molecule has 0 aliphatic carbocycles. The molecular formula is C13H13ClFN3. The summed E-state index contributed by atoms with van der Waals surface area (Å²) in [4.78, 5) is 8.42. The van der Waals surface area contributed by atoms with Crippen LogP contribution in [0.2, 0.25) is 5.02 Å². The lowest BCUT2D eigenvalue weighted by molar-refractivity contribution is 0.612. The van der Waals surface area contributed by atoms with Crippen molar-refractivity contribution < 1.29 is 4.39 Å². The zero-order valence-electron chi connectivity index (χ0n) is 9.95. The molecular weight excluding hydrogens is 253 g/mol. The molecule has 94 valence electrons. The fourth-order valence-electron chi connectivity index (χ4n) is 1.62. The van der Waals surface area contributed by atoms with Crippen LogP contribution in [0, 0.1) is 5.82 Å². The largest absolute Gasteiger partial charge is 0.370 e. The summed E-state index contributed by atoms with van der Waals surface area (Å²) in [5.74, 6) is 0.940. The van der Waals surface area contributed by atoms with Gasteiger partial charge in [0.2, 0.25) is 0 Å². The third-order valence-electron chi connectivity index (χ3n) is 2.46. The second kappa shape index (κ2) is 5.78. The quantitative estimate of drug-likeness (QED) is 0.922. The Labute approximate surface area is 110 Å². The first-order chi connectivity index (χ1) is 8.70. The van der Waals surface area contributed by atoms with Crippen molar-refractivity contribution in [1.82, 2.24) is 9.97 Å². The standard InChI is InChI=1S/C13H13ClFN3/c1-2-16-12-6-7-17-13(18-12)8-9-10(14)4-3-5-11(9)15/h3-7H,2,8H2,1H3,(H,16,17,18). The topological polar surface area (TPSA) is 37.8 Å². The number of nitrogens with zero attached hydrogens (tertiary/aromatic N) is 2. The Morgan fingerprint density at radius 1 is 1.33 bits per heavy atom. The number of hydrogen-bond donors (Lipinski definition) is 1. The van der Waals surface area contributed by atoms with Crippen LogP contribution in [-0.2, 0) is 6.42 Å². The van der Waals surface area contributed by atoms with Crippen LogP contribution >= 0.6 is 11.6 Å². The highest BCUT2D eigenvalue weighted by molar-refractivity contribution is 6.31. The molecule has 0 unspecified atom stereocenters. The molecule has 3 nitrogen and oxygen atoms in total. The molecule has 1 N–H and O–H groups in total. The van der Waals surface area contributed by atoms with E-state index in [0.717, 1.165) is 12.4 Å². The summed E-state index contributed by atoms with van der Waals surface area (Å²) in [6, 6.07) is 6.40. The van der Waals surface area contributed by atoms with Crippen LogP contribution in [0.1, 0.15) is 18.3 Å². The Hall–Kier alpha value is -1.68. The lowest BCUT2D eigenvalue weighted by atomic mass is 10.1. The van der Waals surface area contributed by atoms with Crippen LogP contribution in [0.5, 0.6) is 0 Å². The lowest BCUT2D eigenvalue weighted by Gasteiger charge is -2.07. The molecule has 0 bridgehead atoms. The number of halogens is 2. The van der Waals surface area contributed by atoms with Crippen molar-refractivity contribution in [3.05, 3.63) is 52.7 Å². The minimum Gasteiger partial charge on any atom is -0.370 e. The SMILES string of the molecule is CCNc1ccnc(Cc2c(F)cccc2Cl)n1. The molecule has 0 radical (unpaired) electrons. The van der Waals surface area contributed by atoms with E-state index >= 15 is 0 Å². The van der Waals surface area contributed by atoms with Crippen LogP contribution in [-0.4, -0.2) is 16.5 Å². The van der Waals surface area contributed by atoms with Crippen molar-refractivity contribution in [1.29, 1.82) is 0 Å². The van der Waals surface area contributed by atoms with Gasteiger partial charge in [-0.3, -0.25) is 0 Å². The van der Waals surface area contributed by atoms with Gasteiger partial charge in [-0.05, 0) is 25.1 Å². The fraction of sp³-hybridized carbons (Fsp3) is 0.231. The van der Waals surface area contributed by atoms with Gasteiger partial charge in [-0.2, -0.15) is 0 Å². The normalized spacial score (nSPS) is 10.4. The number of anilines is 1. The van der Waals surface area contributed by atoms with Crippen molar-refractivity contribution in [3.63, 3.8) is 0 Å². The third kappa shape index (κ3) is 2.96. The first kappa shape index (κ1) is 12.8. The maximum Gasteiger partial charge on any atom is 0.135 e. The molecule has 2 aromatic rings. The highest BCUT2D eigenvalue weighted by Gasteiger charge is 2.09. The number of rotatable bonds is 4. The molecule has 0 saturated heterocycles. The van der Waals surface area contributed by atoms with Gasteiger partial charge in [-0.15, -0.1) is 0 Å². The predicted molar refractivity (Wildman–Crippen MR) is 70.4 cm³/mol. The highest BCUT2D eigenvalue weighted by Crippen LogP contribution is 2.21. The molecule has 0 atom stereocenters. The number of nitrogens with one attached hydrogen (secondary N) is 1. The van der Waals surface area contributed by atoms with Gasteiger partial charge in [0.05, 0.1) is 0 Å². The minimum absolute atomic E-state index is 0.282. The van der Waals surface area contributed by atoms with E-state index in [1.165, 1.54) is 6.07 Å². The van der Waals surface area contributed by atoms with E-state index in [-0.39, 0.29) is 12.2 Å². The second-order valence-electron chi connectivity index (χ2n) is 3.77. The van der Waals surface area contributed by atoms with Gasteiger partial charge < -0.3 is 5.32 Å². The zero-order valence-corrected chi connectivity index (χ0v) is 10.7. The number of hydrogen-bond acceptors (Lipinski definition) is 3. The summed E-state index contributed by atoms with van der Waals surface area (Å²) in [5, 5.41) is 3.48. The monoisotopic (exact) mass is 265 g/mol. The number of benzene rings is 1. The van der Waals surface area contributed by atoms with Gasteiger partial charge in [0.25, 0.3) is 0 Å². The second-order valence-corrected chi connectivity index (χ2v) is 4.17. The average molecular weight is 266 g/mol. The Bertz CT molecular complexity index is 525. The lowest BCUT2D eigenvalue weighted by Crippen LogP contribution is -2.04. The first-order valence-corrected chi connectivity index (χ1v) is 6.07. The van der Waals surface area contributed by atoms with E-state index in [0.29, 0.717) is 16.4 Å². The molecule has 1 aromatic heterocycles. The van der Waals surface area contributed by atoms with Gasteiger partial charge in [0, 0.05) is 29.7 Å². The van der Waals surface area contributed by atoms with E-state index in [4.69, 9.17) is 11.6 Å². The van der Waals surface area contributed by atoms with Crippen molar-refractivity contribution in [2.24, 2.45) is 0 Å². The van der Waals surface area contributed by atoms with Crippen LogP contribution < -0.4 is 5.32 Å². The molecule has 5 heteroatoms. The van der Waals surface area contributed by atoms with Gasteiger partial charge in [0.15, 0.2) is 0 Å². The van der Waals surface area contributed by atoms with E-state index in [1.54, 1.807) is 24.4 Å². The summed E-state index contributed by atoms with van der Waals surface area (Å²) < 4.78 is 13.6. The Balaban J connectivity index is 2.26. The molecule has 18 heavy (non-hydrogen) atoms. The number of aromatic nitrogens is 2. The molecule has 1 heterocycles. The maximum absolute atomic E-state index is 13.6. The van der Waals surface area contributed by atoms with Crippen LogP contribution in [0.4, 0.5) is 10.2 Å². The van der Waals surface area contributed by atoms with Gasteiger partial charge >= 0.3 is 0 Å². The van der Waals surface area contributed by atoms with E-state index < -0.39 is 0 Å². The summed E-state index contributed by atoms with van der Waals surface area (Å²) in [6.07, 6.45) is 1.93. The van der Waals surface area contributed by atoms with E-state index in [9.17, 15) is 4.39 Å². The summed E-state index contributed by atoms with van der Waals surface area (Å²) in [7, 11) is 0. The van der Waals surface area contributed by atoms with Crippen LogP contribution in [0.3, 0.4) is 0 Å². The maximum atomic E-state index is 13.6. The molecule has 2 rings (SSSR count). The zero-order chi connectivity index (χ0) is 13.0.